The van der Waals surface area contributed by atoms with Crippen molar-refractivity contribution in [3.8, 4) is 28.3 Å². The lowest BCUT2D eigenvalue weighted by Gasteiger charge is -2.12. The molecule has 0 aliphatic heterocycles. The van der Waals surface area contributed by atoms with Gasteiger partial charge in [0.15, 0.2) is 0 Å². The van der Waals surface area contributed by atoms with Gasteiger partial charge in [-0.25, -0.2) is 14.8 Å². The van der Waals surface area contributed by atoms with Crippen molar-refractivity contribution in [2.24, 2.45) is 0 Å². The number of hydrogen-bond acceptors (Lipinski definition) is 4. The number of fused-ring (bicyclic) bond motifs is 1. The van der Waals surface area contributed by atoms with Crippen LogP contribution >= 0.6 is 0 Å². The number of nitrogens with zero attached hydrogens (tertiary/aromatic N) is 2. The molecule has 0 saturated carbocycles. The van der Waals surface area contributed by atoms with Gasteiger partial charge in [0.05, 0.1) is 29.0 Å². The highest BCUT2D eigenvalue weighted by Gasteiger charge is 2.14. The van der Waals surface area contributed by atoms with Crippen molar-refractivity contribution >= 4 is 28.4 Å². The third kappa shape index (κ3) is 5.12. The zero-order valence-corrected chi connectivity index (χ0v) is 19.2. The van der Waals surface area contributed by atoms with Gasteiger partial charge in [-0.3, -0.25) is 0 Å². The molecule has 0 spiro atoms. The van der Waals surface area contributed by atoms with E-state index >= 15 is 0 Å². The van der Waals surface area contributed by atoms with Crippen LogP contribution < -0.4 is 15.4 Å². The van der Waals surface area contributed by atoms with Crippen molar-refractivity contribution in [1.82, 2.24) is 9.97 Å². The number of ether oxygens (including phenoxy) is 1. The van der Waals surface area contributed by atoms with Crippen LogP contribution in [0.25, 0.3) is 33.5 Å². The third-order valence-electron chi connectivity index (χ3n) is 5.44. The Hall–Kier alpha value is -4.71. The molecule has 0 bridgehead atoms. The maximum atomic E-state index is 12.6. The molecular weight excluding hydrogens is 436 g/mol. The Balaban J connectivity index is 1.44. The maximum absolute atomic E-state index is 12.6. The Morgan fingerprint density at radius 2 is 1.23 bits per heavy atom. The molecule has 5 rings (SSSR count). The number of benzene rings is 4. The minimum atomic E-state index is -0.342. The van der Waals surface area contributed by atoms with Crippen molar-refractivity contribution in [2.45, 2.75) is 6.92 Å². The van der Waals surface area contributed by atoms with Crippen LogP contribution in [0, 0.1) is 0 Å². The van der Waals surface area contributed by atoms with Crippen molar-refractivity contribution < 1.29 is 9.53 Å². The van der Waals surface area contributed by atoms with Gasteiger partial charge >= 0.3 is 6.03 Å². The molecule has 2 amide bonds. The Morgan fingerprint density at radius 1 is 0.686 bits per heavy atom. The van der Waals surface area contributed by atoms with Crippen LogP contribution in [0.2, 0.25) is 0 Å². The molecule has 4 aromatic carbocycles. The Bertz CT molecular complexity index is 1450. The highest BCUT2D eigenvalue weighted by atomic mass is 16.5. The minimum absolute atomic E-state index is 0.342. The van der Waals surface area contributed by atoms with Gasteiger partial charge in [0.25, 0.3) is 0 Å². The highest BCUT2D eigenvalue weighted by molar-refractivity contribution is 6.01. The molecule has 0 aliphatic carbocycles. The van der Waals surface area contributed by atoms with Crippen LogP contribution in [-0.2, 0) is 0 Å². The summed E-state index contributed by atoms with van der Waals surface area (Å²) in [5.74, 6) is 0.760. The Labute approximate surface area is 203 Å². The number of carbonyl (C=O) groups excluding carboxylic acids is 1. The van der Waals surface area contributed by atoms with E-state index in [2.05, 4.69) is 10.6 Å². The van der Waals surface area contributed by atoms with E-state index in [1.54, 1.807) is 12.1 Å². The topological polar surface area (TPSA) is 76.1 Å². The van der Waals surface area contributed by atoms with E-state index in [1.807, 2.05) is 97.9 Å². The molecule has 0 saturated heterocycles. The molecule has 0 atom stereocenters. The van der Waals surface area contributed by atoms with Crippen LogP contribution in [0.15, 0.2) is 103 Å². The van der Waals surface area contributed by atoms with E-state index in [9.17, 15) is 4.79 Å². The van der Waals surface area contributed by atoms with Crippen molar-refractivity contribution in [3.05, 3.63) is 103 Å². The predicted octanol–water partition coefficient (Wildman–Crippen LogP) is 7.01. The first-order chi connectivity index (χ1) is 17.2. The van der Waals surface area contributed by atoms with Gasteiger partial charge in [-0.15, -0.1) is 0 Å². The first kappa shape index (κ1) is 22.1. The lowest BCUT2D eigenvalue weighted by molar-refractivity contribution is 0.262. The second-order valence-electron chi connectivity index (χ2n) is 7.89. The second-order valence-corrected chi connectivity index (χ2v) is 7.89. The number of anilines is 2. The number of urea groups is 1. The van der Waals surface area contributed by atoms with Gasteiger partial charge in [0.1, 0.15) is 5.75 Å². The van der Waals surface area contributed by atoms with E-state index < -0.39 is 0 Å². The summed E-state index contributed by atoms with van der Waals surface area (Å²) in [6.07, 6.45) is 0. The fourth-order valence-electron chi connectivity index (χ4n) is 3.82. The maximum Gasteiger partial charge on any atom is 0.323 e. The van der Waals surface area contributed by atoms with E-state index in [1.165, 1.54) is 0 Å². The number of amides is 2. The summed E-state index contributed by atoms with van der Waals surface area (Å²) in [5.41, 5.74) is 6.33. The summed E-state index contributed by atoms with van der Waals surface area (Å²) in [5, 5.41) is 5.71. The van der Waals surface area contributed by atoms with Crippen molar-refractivity contribution in [2.75, 3.05) is 17.2 Å². The summed E-state index contributed by atoms with van der Waals surface area (Å²) in [6, 6.07) is 32.4. The molecular formula is C29H24N4O2. The van der Waals surface area contributed by atoms with Gasteiger partial charge in [0.2, 0.25) is 0 Å². The Morgan fingerprint density at radius 3 is 1.83 bits per heavy atom. The molecule has 35 heavy (non-hydrogen) atoms. The molecule has 0 unspecified atom stereocenters. The summed E-state index contributed by atoms with van der Waals surface area (Å²) in [7, 11) is 0. The van der Waals surface area contributed by atoms with E-state index in [0.29, 0.717) is 23.5 Å². The lowest BCUT2D eigenvalue weighted by atomic mass is 10.0. The summed E-state index contributed by atoms with van der Waals surface area (Å²) >= 11 is 0. The van der Waals surface area contributed by atoms with Crippen LogP contribution in [-0.4, -0.2) is 22.6 Å². The standard InChI is InChI=1S/C29H24N4O2/c1-2-35-24-16-13-22(14-17-24)30-29(34)31-23-15-18-25-26(19-23)33-28(21-11-7-4-8-12-21)27(32-25)20-9-5-3-6-10-20/h3-19H,2H2,1H3,(H2,30,31,34). The van der Waals surface area contributed by atoms with E-state index in [-0.39, 0.29) is 6.03 Å². The monoisotopic (exact) mass is 460 g/mol. The second kappa shape index (κ2) is 10.1. The zero-order valence-electron chi connectivity index (χ0n) is 19.2. The molecule has 6 nitrogen and oxygen atoms in total. The fourth-order valence-corrected chi connectivity index (χ4v) is 3.82. The van der Waals surface area contributed by atoms with Gasteiger partial charge in [-0.2, -0.15) is 0 Å². The Kier molecular flexibility index (Phi) is 6.35. The highest BCUT2D eigenvalue weighted by Crippen LogP contribution is 2.31. The number of carbonyl (C=O) groups is 1. The van der Waals surface area contributed by atoms with Crippen LogP contribution in [0.3, 0.4) is 0 Å². The van der Waals surface area contributed by atoms with Gasteiger partial charge in [-0.1, -0.05) is 60.7 Å². The number of nitrogens with one attached hydrogen (secondary N) is 2. The third-order valence-corrected chi connectivity index (χ3v) is 5.44. The molecule has 2 N–H and O–H groups in total. The average Bonchev–Trinajstić information content (AvgIpc) is 2.90. The van der Waals surface area contributed by atoms with Gasteiger partial charge < -0.3 is 15.4 Å². The zero-order chi connectivity index (χ0) is 24.0. The average molecular weight is 461 g/mol. The smallest absolute Gasteiger partial charge is 0.323 e. The molecule has 5 aromatic rings. The molecule has 1 aromatic heterocycles. The van der Waals surface area contributed by atoms with Crippen LogP contribution in [0.4, 0.5) is 16.2 Å². The summed E-state index contributed by atoms with van der Waals surface area (Å²) < 4.78 is 5.44. The summed E-state index contributed by atoms with van der Waals surface area (Å²) in [4.78, 5) is 22.4. The van der Waals surface area contributed by atoms with Gasteiger partial charge in [0, 0.05) is 22.5 Å². The molecule has 1 heterocycles. The van der Waals surface area contributed by atoms with Gasteiger partial charge in [-0.05, 0) is 49.4 Å². The number of rotatable bonds is 6. The normalized spacial score (nSPS) is 10.7. The van der Waals surface area contributed by atoms with Crippen LogP contribution in [0.5, 0.6) is 5.75 Å². The molecule has 6 heteroatoms. The largest absolute Gasteiger partial charge is 0.494 e. The fraction of sp³-hybridized carbons (Fsp3) is 0.0690. The van der Waals surface area contributed by atoms with Crippen molar-refractivity contribution in [1.29, 1.82) is 0 Å². The van der Waals surface area contributed by atoms with Crippen LogP contribution in [0.1, 0.15) is 6.92 Å². The first-order valence-electron chi connectivity index (χ1n) is 11.4. The quantitative estimate of drug-likeness (QED) is 0.286. The van der Waals surface area contributed by atoms with Crippen molar-refractivity contribution in [3.63, 3.8) is 0 Å². The summed E-state index contributed by atoms with van der Waals surface area (Å²) in [6.45, 7) is 2.52. The van der Waals surface area contributed by atoms with E-state index in [4.69, 9.17) is 14.7 Å². The van der Waals surface area contributed by atoms with E-state index in [0.717, 1.165) is 33.8 Å². The number of hydrogen-bond donors (Lipinski definition) is 2. The molecule has 0 fully saturated rings. The lowest BCUT2D eigenvalue weighted by Crippen LogP contribution is -2.19. The molecule has 0 aliphatic rings. The number of aromatic nitrogens is 2. The molecule has 172 valence electrons. The SMILES string of the molecule is CCOc1ccc(NC(=O)Nc2ccc3nc(-c4ccccc4)c(-c4ccccc4)nc3c2)cc1. The first-order valence-corrected chi connectivity index (χ1v) is 11.4. The minimum Gasteiger partial charge on any atom is -0.494 e. The molecule has 0 radical (unpaired) electrons. The predicted molar refractivity (Wildman–Crippen MR) is 141 cm³/mol.